The van der Waals surface area contributed by atoms with Gasteiger partial charge in [0, 0.05) is 18.3 Å². The fourth-order valence-corrected chi connectivity index (χ4v) is 3.23. The van der Waals surface area contributed by atoms with Crippen LogP contribution in [0.4, 0.5) is 0 Å². The van der Waals surface area contributed by atoms with Gasteiger partial charge in [-0.05, 0) is 25.7 Å². The van der Waals surface area contributed by atoms with Crippen molar-refractivity contribution in [2.45, 2.75) is 51.2 Å². The standard InChI is InChI=1S/C13H22BrNO2/c1-10-9-17-12(7-14)8-15(10)13(16)6-11-4-2-3-5-11/h10-12H,2-9H2,1H3. The number of alkyl halides is 1. The maximum absolute atomic E-state index is 12.3. The SMILES string of the molecule is CC1COC(CBr)CN1C(=O)CC1CCCC1. The first-order valence-electron chi connectivity index (χ1n) is 6.67. The summed E-state index contributed by atoms with van der Waals surface area (Å²) in [6.07, 6.45) is 6.01. The largest absolute Gasteiger partial charge is 0.373 e. The summed E-state index contributed by atoms with van der Waals surface area (Å²) >= 11 is 3.43. The molecule has 1 heterocycles. The summed E-state index contributed by atoms with van der Waals surface area (Å²) in [5.41, 5.74) is 0. The molecule has 0 N–H and O–H groups in total. The molecule has 2 fully saturated rings. The van der Waals surface area contributed by atoms with Crippen molar-refractivity contribution in [3.05, 3.63) is 0 Å². The van der Waals surface area contributed by atoms with Crippen LogP contribution in [0.3, 0.4) is 0 Å². The van der Waals surface area contributed by atoms with Crippen molar-refractivity contribution in [2.75, 3.05) is 18.5 Å². The summed E-state index contributed by atoms with van der Waals surface area (Å²) in [5.74, 6) is 0.971. The van der Waals surface area contributed by atoms with Crippen LogP contribution >= 0.6 is 15.9 Å². The molecule has 1 saturated carbocycles. The number of carbonyl (C=O) groups is 1. The molecule has 0 spiro atoms. The normalized spacial score (nSPS) is 30.8. The van der Waals surface area contributed by atoms with Crippen molar-refractivity contribution in [1.82, 2.24) is 4.90 Å². The first-order valence-corrected chi connectivity index (χ1v) is 7.80. The van der Waals surface area contributed by atoms with Crippen LogP contribution in [0.25, 0.3) is 0 Å². The van der Waals surface area contributed by atoms with Crippen LogP contribution in [0.5, 0.6) is 0 Å². The Bertz CT molecular complexity index is 266. The topological polar surface area (TPSA) is 29.5 Å². The number of nitrogens with zero attached hydrogens (tertiary/aromatic N) is 1. The van der Waals surface area contributed by atoms with E-state index < -0.39 is 0 Å². The van der Waals surface area contributed by atoms with Crippen molar-refractivity contribution >= 4 is 21.8 Å². The van der Waals surface area contributed by atoms with Gasteiger partial charge in [-0.15, -0.1) is 0 Å². The lowest BCUT2D eigenvalue weighted by Crippen LogP contribution is -2.51. The molecule has 4 heteroatoms. The van der Waals surface area contributed by atoms with Gasteiger partial charge in [-0.3, -0.25) is 4.79 Å². The van der Waals surface area contributed by atoms with Crippen molar-refractivity contribution < 1.29 is 9.53 Å². The molecule has 2 rings (SSSR count). The number of hydrogen-bond donors (Lipinski definition) is 0. The quantitative estimate of drug-likeness (QED) is 0.750. The Morgan fingerprint density at radius 2 is 2.12 bits per heavy atom. The first-order chi connectivity index (χ1) is 8.20. The Kier molecular flexibility index (Phi) is 4.86. The zero-order valence-corrected chi connectivity index (χ0v) is 12.1. The van der Waals surface area contributed by atoms with Gasteiger partial charge in [0.05, 0.1) is 18.8 Å². The highest BCUT2D eigenvalue weighted by molar-refractivity contribution is 9.09. The highest BCUT2D eigenvalue weighted by atomic mass is 79.9. The summed E-state index contributed by atoms with van der Waals surface area (Å²) in [5, 5.41) is 0.812. The highest BCUT2D eigenvalue weighted by Crippen LogP contribution is 2.28. The molecule has 0 bridgehead atoms. The van der Waals surface area contributed by atoms with Gasteiger partial charge in [0.25, 0.3) is 0 Å². The summed E-state index contributed by atoms with van der Waals surface area (Å²) in [6, 6.07) is 0.235. The minimum atomic E-state index is 0.165. The Labute approximate surface area is 112 Å². The summed E-state index contributed by atoms with van der Waals surface area (Å²) < 4.78 is 5.65. The Morgan fingerprint density at radius 3 is 2.76 bits per heavy atom. The number of ether oxygens (including phenoxy) is 1. The van der Waals surface area contributed by atoms with E-state index >= 15 is 0 Å². The zero-order valence-electron chi connectivity index (χ0n) is 10.5. The van der Waals surface area contributed by atoms with Gasteiger partial charge >= 0.3 is 0 Å². The van der Waals surface area contributed by atoms with E-state index in [0.29, 0.717) is 18.4 Å². The van der Waals surface area contributed by atoms with E-state index in [4.69, 9.17) is 4.74 Å². The monoisotopic (exact) mass is 303 g/mol. The van der Waals surface area contributed by atoms with Crippen molar-refractivity contribution in [1.29, 1.82) is 0 Å². The molecule has 0 radical (unpaired) electrons. The Balaban J connectivity index is 1.87. The Morgan fingerprint density at radius 1 is 1.41 bits per heavy atom. The number of hydrogen-bond acceptors (Lipinski definition) is 2. The van der Waals surface area contributed by atoms with Crippen molar-refractivity contribution in [3.63, 3.8) is 0 Å². The fourth-order valence-electron chi connectivity index (χ4n) is 2.84. The summed E-state index contributed by atoms with van der Waals surface area (Å²) in [4.78, 5) is 14.3. The molecule has 1 aliphatic heterocycles. The van der Waals surface area contributed by atoms with Gasteiger partial charge in [0.1, 0.15) is 0 Å². The molecule has 2 atom stereocenters. The predicted molar refractivity (Wildman–Crippen MR) is 71.3 cm³/mol. The van der Waals surface area contributed by atoms with Crippen LogP contribution in [0.1, 0.15) is 39.0 Å². The maximum atomic E-state index is 12.3. The summed E-state index contributed by atoms with van der Waals surface area (Å²) in [7, 11) is 0. The number of carbonyl (C=O) groups excluding carboxylic acids is 1. The van der Waals surface area contributed by atoms with Gasteiger partial charge in [0.2, 0.25) is 5.91 Å². The summed E-state index contributed by atoms with van der Waals surface area (Å²) in [6.45, 7) is 3.50. The molecule has 1 aliphatic carbocycles. The van der Waals surface area contributed by atoms with Gasteiger partial charge in [0.15, 0.2) is 0 Å². The van der Waals surface area contributed by atoms with Crippen LogP contribution in [0.2, 0.25) is 0 Å². The average molecular weight is 304 g/mol. The Hall–Kier alpha value is -0.0900. The lowest BCUT2D eigenvalue weighted by atomic mass is 10.0. The number of amides is 1. The molecule has 0 aromatic rings. The lowest BCUT2D eigenvalue weighted by Gasteiger charge is -2.38. The predicted octanol–water partition coefficient (Wildman–Crippen LogP) is 2.58. The maximum Gasteiger partial charge on any atom is 0.223 e. The lowest BCUT2D eigenvalue weighted by molar-refractivity contribution is -0.143. The van der Waals surface area contributed by atoms with E-state index in [-0.39, 0.29) is 12.1 Å². The molecule has 2 aliphatic rings. The van der Waals surface area contributed by atoms with Crippen LogP contribution in [-0.2, 0) is 9.53 Å². The molecular weight excluding hydrogens is 282 g/mol. The minimum Gasteiger partial charge on any atom is -0.373 e. The number of morpholine rings is 1. The van der Waals surface area contributed by atoms with Crippen molar-refractivity contribution in [2.24, 2.45) is 5.92 Å². The van der Waals surface area contributed by atoms with Gasteiger partial charge in [-0.2, -0.15) is 0 Å². The van der Waals surface area contributed by atoms with Gasteiger partial charge in [-0.25, -0.2) is 0 Å². The second kappa shape index (κ2) is 6.19. The molecule has 3 nitrogen and oxygen atoms in total. The zero-order chi connectivity index (χ0) is 12.3. The van der Waals surface area contributed by atoms with Crippen LogP contribution < -0.4 is 0 Å². The van der Waals surface area contributed by atoms with Crippen LogP contribution in [-0.4, -0.2) is 41.4 Å². The molecule has 98 valence electrons. The first kappa shape index (κ1) is 13.3. The molecule has 0 aromatic heterocycles. The van der Waals surface area contributed by atoms with Crippen LogP contribution in [0.15, 0.2) is 0 Å². The fraction of sp³-hybridized carbons (Fsp3) is 0.923. The smallest absolute Gasteiger partial charge is 0.223 e. The minimum absolute atomic E-state index is 0.165. The third-order valence-corrected chi connectivity index (χ3v) is 4.66. The van der Waals surface area contributed by atoms with E-state index in [1.165, 1.54) is 25.7 Å². The highest BCUT2D eigenvalue weighted by Gasteiger charge is 2.30. The van der Waals surface area contributed by atoms with E-state index in [9.17, 15) is 4.79 Å². The van der Waals surface area contributed by atoms with Gasteiger partial charge < -0.3 is 9.64 Å². The van der Waals surface area contributed by atoms with Crippen molar-refractivity contribution in [3.8, 4) is 0 Å². The third kappa shape index (κ3) is 3.44. The van der Waals surface area contributed by atoms with Gasteiger partial charge in [-0.1, -0.05) is 28.8 Å². The van der Waals surface area contributed by atoms with E-state index in [2.05, 4.69) is 22.9 Å². The third-order valence-electron chi connectivity index (χ3n) is 3.94. The van der Waals surface area contributed by atoms with E-state index in [1.807, 2.05) is 4.90 Å². The molecule has 1 amide bonds. The average Bonchev–Trinajstić information content (AvgIpc) is 2.82. The number of halogens is 1. The molecule has 1 saturated heterocycles. The second-order valence-electron chi connectivity index (χ2n) is 5.36. The molecule has 2 unspecified atom stereocenters. The van der Waals surface area contributed by atoms with E-state index in [1.54, 1.807) is 0 Å². The van der Waals surface area contributed by atoms with E-state index in [0.717, 1.165) is 18.3 Å². The van der Waals surface area contributed by atoms with Crippen LogP contribution in [0, 0.1) is 5.92 Å². The molecular formula is C13H22BrNO2. The second-order valence-corrected chi connectivity index (χ2v) is 6.01. The molecule has 0 aromatic carbocycles. The number of rotatable bonds is 3. The molecule has 17 heavy (non-hydrogen) atoms.